The number of carboxylic acid groups (broad SMARTS) is 1. The van der Waals surface area contributed by atoms with E-state index in [1.807, 2.05) is 6.07 Å². The summed E-state index contributed by atoms with van der Waals surface area (Å²) in [6.45, 7) is 0.191. The lowest BCUT2D eigenvalue weighted by atomic mass is 10.2. The maximum absolute atomic E-state index is 12.3. The van der Waals surface area contributed by atoms with E-state index < -0.39 is 5.97 Å². The highest BCUT2D eigenvalue weighted by atomic mass is 32.2. The second-order valence-corrected chi connectivity index (χ2v) is 6.18. The fourth-order valence-electron chi connectivity index (χ4n) is 1.89. The maximum Gasteiger partial charge on any atom is 0.305 e. The van der Waals surface area contributed by atoms with Crippen LogP contribution in [-0.4, -0.2) is 39.4 Å². The zero-order chi connectivity index (χ0) is 16.8. The normalized spacial score (nSPS) is 15.8. The molecule has 0 unspecified atom stereocenters. The van der Waals surface area contributed by atoms with Crippen LogP contribution in [0.3, 0.4) is 0 Å². The molecule has 1 saturated heterocycles. The van der Waals surface area contributed by atoms with Gasteiger partial charge in [0.15, 0.2) is 0 Å². The third-order valence-corrected chi connectivity index (χ3v) is 4.32. The molecule has 0 radical (unpaired) electrons. The summed E-state index contributed by atoms with van der Waals surface area (Å²) in [4.78, 5) is 24.7. The van der Waals surface area contributed by atoms with E-state index in [0.29, 0.717) is 20.5 Å². The predicted molar refractivity (Wildman–Crippen MR) is 92.9 cm³/mol. The topological polar surface area (TPSA) is 66.8 Å². The van der Waals surface area contributed by atoms with E-state index in [2.05, 4.69) is 5.92 Å². The Morgan fingerprint density at radius 2 is 2.22 bits per heavy atom. The number of para-hydroxylation sites is 1. The number of carbonyl (C=O) groups is 2. The molecule has 0 atom stereocenters. The molecule has 23 heavy (non-hydrogen) atoms. The van der Waals surface area contributed by atoms with Crippen molar-refractivity contribution in [3.63, 3.8) is 0 Å². The Balaban J connectivity index is 2.21. The average Bonchev–Trinajstić information content (AvgIpc) is 2.78. The summed E-state index contributed by atoms with van der Waals surface area (Å²) in [6.07, 6.45) is 6.71. The number of ether oxygens (including phenoxy) is 1. The summed E-state index contributed by atoms with van der Waals surface area (Å²) in [5.41, 5.74) is 0.710. The minimum absolute atomic E-state index is 0.0621. The van der Waals surface area contributed by atoms with Crippen molar-refractivity contribution < 1.29 is 19.4 Å². The number of carboxylic acids is 1. The number of rotatable bonds is 6. The highest BCUT2D eigenvalue weighted by Crippen LogP contribution is 2.34. The first-order chi connectivity index (χ1) is 11.0. The molecule has 5 nitrogen and oxygen atoms in total. The number of hydrogen-bond acceptors (Lipinski definition) is 5. The third-order valence-electron chi connectivity index (χ3n) is 2.94. The van der Waals surface area contributed by atoms with Gasteiger partial charge in [0.05, 0.1) is 11.3 Å². The minimum atomic E-state index is -0.976. The molecule has 0 aromatic heterocycles. The van der Waals surface area contributed by atoms with Crippen molar-refractivity contribution in [3.8, 4) is 18.1 Å². The first-order valence-electron chi connectivity index (χ1n) is 6.65. The van der Waals surface area contributed by atoms with Crippen molar-refractivity contribution in [2.24, 2.45) is 0 Å². The third kappa shape index (κ3) is 4.34. The lowest BCUT2D eigenvalue weighted by molar-refractivity contribution is -0.137. The van der Waals surface area contributed by atoms with Gasteiger partial charge in [0, 0.05) is 12.1 Å². The molecule has 1 aliphatic rings. The van der Waals surface area contributed by atoms with Crippen LogP contribution in [0, 0.1) is 12.3 Å². The largest absolute Gasteiger partial charge is 0.481 e. The van der Waals surface area contributed by atoms with Crippen LogP contribution in [0.15, 0.2) is 29.2 Å². The van der Waals surface area contributed by atoms with Gasteiger partial charge in [-0.05, 0) is 12.1 Å². The van der Waals surface area contributed by atoms with Crippen LogP contribution in [0.2, 0.25) is 0 Å². The zero-order valence-electron chi connectivity index (χ0n) is 12.0. The van der Waals surface area contributed by atoms with Gasteiger partial charge >= 0.3 is 5.97 Å². The molecule has 1 N–H and O–H groups in total. The SMILES string of the molecule is C#CCOc1ccccc1/C=C1/SC(=S)N(CCC(=O)O)C1=O. The van der Waals surface area contributed by atoms with Gasteiger partial charge in [-0.15, -0.1) is 6.42 Å². The number of amides is 1. The summed E-state index contributed by atoms with van der Waals surface area (Å²) in [7, 11) is 0. The average molecular weight is 347 g/mol. The van der Waals surface area contributed by atoms with Gasteiger partial charge in [-0.3, -0.25) is 14.5 Å². The smallest absolute Gasteiger partial charge is 0.305 e. The Hall–Kier alpha value is -2.30. The first-order valence-corrected chi connectivity index (χ1v) is 7.88. The van der Waals surface area contributed by atoms with Crippen LogP contribution in [-0.2, 0) is 9.59 Å². The zero-order valence-corrected chi connectivity index (χ0v) is 13.7. The van der Waals surface area contributed by atoms with Crippen LogP contribution >= 0.6 is 24.0 Å². The van der Waals surface area contributed by atoms with Crippen LogP contribution in [0.1, 0.15) is 12.0 Å². The molecule has 2 rings (SSSR count). The number of aliphatic carboxylic acids is 1. The molecule has 0 spiro atoms. The number of benzene rings is 1. The summed E-state index contributed by atoms with van der Waals surface area (Å²) in [6, 6.07) is 7.19. The van der Waals surface area contributed by atoms with Gasteiger partial charge in [0.1, 0.15) is 16.7 Å². The minimum Gasteiger partial charge on any atom is -0.481 e. The lowest BCUT2D eigenvalue weighted by Gasteiger charge is -2.12. The summed E-state index contributed by atoms with van der Waals surface area (Å²) < 4.78 is 5.79. The van der Waals surface area contributed by atoms with Crippen molar-refractivity contribution in [2.45, 2.75) is 6.42 Å². The van der Waals surface area contributed by atoms with E-state index >= 15 is 0 Å². The molecule has 0 saturated carbocycles. The van der Waals surface area contributed by atoms with E-state index in [9.17, 15) is 9.59 Å². The van der Waals surface area contributed by atoms with Crippen molar-refractivity contribution in [1.29, 1.82) is 0 Å². The second-order valence-electron chi connectivity index (χ2n) is 4.51. The van der Waals surface area contributed by atoms with Gasteiger partial charge in [0.25, 0.3) is 5.91 Å². The standard InChI is InChI=1S/C16H13NO4S2/c1-2-9-21-12-6-4-3-5-11(12)10-13-15(20)17(16(22)23-13)8-7-14(18)19/h1,3-6,10H,7-9H2,(H,18,19)/b13-10+. The highest BCUT2D eigenvalue weighted by Gasteiger charge is 2.32. The van der Waals surface area contributed by atoms with E-state index in [-0.39, 0.29) is 25.5 Å². The fraction of sp³-hybridized carbons (Fsp3) is 0.188. The van der Waals surface area contributed by atoms with Gasteiger partial charge in [-0.1, -0.05) is 48.1 Å². The Kier molecular flexibility index (Phi) is 5.79. The van der Waals surface area contributed by atoms with E-state index in [1.54, 1.807) is 24.3 Å². The Morgan fingerprint density at radius 1 is 1.48 bits per heavy atom. The second kappa shape index (κ2) is 7.81. The van der Waals surface area contributed by atoms with Crippen LogP contribution < -0.4 is 4.74 Å². The van der Waals surface area contributed by atoms with E-state index in [1.165, 1.54) is 4.90 Å². The van der Waals surface area contributed by atoms with Gasteiger partial charge in [-0.25, -0.2) is 0 Å². The molecule has 118 valence electrons. The predicted octanol–water partition coefficient (Wildman–Crippen LogP) is 2.37. The molecule has 7 heteroatoms. The van der Waals surface area contributed by atoms with Crippen molar-refractivity contribution in [2.75, 3.05) is 13.2 Å². The molecule has 1 heterocycles. The number of thioether (sulfide) groups is 1. The number of terminal acetylenes is 1. The van der Waals surface area contributed by atoms with Crippen molar-refractivity contribution >= 4 is 46.3 Å². The van der Waals surface area contributed by atoms with E-state index in [0.717, 1.165) is 11.8 Å². The van der Waals surface area contributed by atoms with Gasteiger partial charge < -0.3 is 9.84 Å². The number of nitrogens with zero attached hydrogens (tertiary/aromatic N) is 1. The molecule has 1 aromatic rings. The molecule has 1 aliphatic heterocycles. The van der Waals surface area contributed by atoms with Gasteiger partial charge in [0.2, 0.25) is 0 Å². The monoisotopic (exact) mass is 347 g/mol. The summed E-state index contributed by atoms with van der Waals surface area (Å²) in [5, 5.41) is 8.73. The first kappa shape index (κ1) is 17.1. The molecule has 1 amide bonds. The Bertz CT molecular complexity index is 721. The number of carbonyl (C=O) groups excluding carboxylic acids is 1. The summed E-state index contributed by atoms with van der Waals surface area (Å²) >= 11 is 6.28. The molecular formula is C16H13NO4S2. The Labute approximate surface area is 143 Å². The molecule has 0 aliphatic carbocycles. The van der Waals surface area contributed by atoms with Crippen molar-refractivity contribution in [1.82, 2.24) is 4.90 Å². The van der Waals surface area contributed by atoms with Crippen molar-refractivity contribution in [3.05, 3.63) is 34.7 Å². The number of hydrogen-bond donors (Lipinski definition) is 1. The summed E-state index contributed by atoms with van der Waals surface area (Å²) in [5.74, 6) is 1.68. The van der Waals surface area contributed by atoms with E-state index in [4.69, 9.17) is 28.5 Å². The Morgan fingerprint density at radius 3 is 2.91 bits per heavy atom. The molecule has 1 fully saturated rings. The highest BCUT2D eigenvalue weighted by molar-refractivity contribution is 8.26. The lowest BCUT2D eigenvalue weighted by Crippen LogP contribution is -2.30. The maximum atomic E-state index is 12.3. The van der Waals surface area contributed by atoms with Crippen LogP contribution in [0.5, 0.6) is 5.75 Å². The molecule has 0 bridgehead atoms. The quantitative estimate of drug-likeness (QED) is 0.484. The molecular weight excluding hydrogens is 334 g/mol. The molecule has 1 aromatic carbocycles. The van der Waals surface area contributed by atoms with Gasteiger partial charge in [-0.2, -0.15) is 0 Å². The van der Waals surface area contributed by atoms with Crippen LogP contribution in [0.4, 0.5) is 0 Å². The van der Waals surface area contributed by atoms with Crippen LogP contribution in [0.25, 0.3) is 6.08 Å². The fourth-order valence-corrected chi connectivity index (χ4v) is 3.19. The number of thiocarbonyl (C=S) groups is 1.